The van der Waals surface area contributed by atoms with Crippen LogP contribution in [0.25, 0.3) is 0 Å². The van der Waals surface area contributed by atoms with Crippen LogP contribution in [0.15, 0.2) is 0 Å². The quantitative estimate of drug-likeness (QED) is 0.149. The average Bonchev–Trinajstić information content (AvgIpc) is 2.72. The van der Waals surface area contributed by atoms with E-state index in [-0.39, 0.29) is 13.0 Å². The molecule has 3 unspecified atom stereocenters. The summed E-state index contributed by atoms with van der Waals surface area (Å²) in [6.07, 6.45) is 6.07. The van der Waals surface area contributed by atoms with Gasteiger partial charge in [-0.05, 0) is 62.7 Å². The molecule has 0 saturated heterocycles. The summed E-state index contributed by atoms with van der Waals surface area (Å²) in [6.45, 7) is 0.132. The van der Waals surface area contributed by atoms with Crippen LogP contribution in [0.4, 0.5) is 0 Å². The number of unbranched alkanes of at least 4 members (excludes halogenated alkanes) is 1. The molecule has 8 N–H and O–H groups in total. The average molecular weight is 466 g/mol. The Morgan fingerprint density at radius 3 is 2.10 bits per heavy atom. The van der Waals surface area contributed by atoms with E-state index in [1.165, 1.54) is 11.8 Å². The van der Waals surface area contributed by atoms with E-state index in [9.17, 15) is 24.3 Å². The molecule has 0 heterocycles. The van der Waals surface area contributed by atoms with Gasteiger partial charge in [0.1, 0.15) is 12.1 Å². The minimum absolute atomic E-state index is 0.255. The Kier molecular flexibility index (Phi) is 16.3. The van der Waals surface area contributed by atoms with E-state index in [0.29, 0.717) is 38.0 Å². The SMILES string of the molecule is CSCCC(N)C(=O)NCC(=O)NC(CCSC)C(=O)NC(CCCCN)C(=O)O. The summed E-state index contributed by atoms with van der Waals surface area (Å²) in [6, 6.07) is -2.65. The highest BCUT2D eigenvalue weighted by molar-refractivity contribution is 7.98. The Morgan fingerprint density at radius 2 is 1.53 bits per heavy atom. The lowest BCUT2D eigenvalue weighted by Crippen LogP contribution is -2.54. The first-order valence-corrected chi connectivity index (χ1v) is 12.6. The van der Waals surface area contributed by atoms with Crippen LogP contribution in [0.3, 0.4) is 0 Å². The molecule has 30 heavy (non-hydrogen) atoms. The molecule has 0 rings (SSSR count). The second kappa shape index (κ2) is 17.2. The van der Waals surface area contributed by atoms with Gasteiger partial charge in [-0.3, -0.25) is 14.4 Å². The van der Waals surface area contributed by atoms with Crippen molar-refractivity contribution < 1.29 is 24.3 Å². The third-order valence-corrected chi connectivity index (χ3v) is 5.50. The molecular formula is C18H35N5O5S2. The number of aliphatic carboxylic acids is 1. The van der Waals surface area contributed by atoms with Crippen molar-refractivity contribution in [1.82, 2.24) is 16.0 Å². The lowest BCUT2D eigenvalue weighted by Gasteiger charge is -2.21. The van der Waals surface area contributed by atoms with E-state index in [0.717, 1.165) is 5.75 Å². The molecule has 0 aliphatic heterocycles. The third-order valence-electron chi connectivity index (χ3n) is 4.22. The van der Waals surface area contributed by atoms with Crippen LogP contribution in [0.2, 0.25) is 0 Å². The minimum Gasteiger partial charge on any atom is -0.480 e. The highest BCUT2D eigenvalue weighted by Gasteiger charge is 2.26. The summed E-state index contributed by atoms with van der Waals surface area (Å²) >= 11 is 3.07. The van der Waals surface area contributed by atoms with Gasteiger partial charge in [-0.1, -0.05) is 0 Å². The Balaban J connectivity index is 4.76. The summed E-state index contributed by atoms with van der Waals surface area (Å²) in [5.74, 6) is -1.36. The van der Waals surface area contributed by atoms with Crippen LogP contribution in [-0.2, 0) is 19.2 Å². The maximum atomic E-state index is 12.6. The number of nitrogens with one attached hydrogen (secondary N) is 3. The van der Waals surface area contributed by atoms with Crippen LogP contribution >= 0.6 is 23.5 Å². The van der Waals surface area contributed by atoms with E-state index in [2.05, 4.69) is 16.0 Å². The zero-order valence-corrected chi connectivity index (χ0v) is 19.3. The number of rotatable bonds is 17. The lowest BCUT2D eigenvalue weighted by atomic mass is 10.1. The van der Waals surface area contributed by atoms with Gasteiger partial charge in [-0.25, -0.2) is 4.79 Å². The zero-order chi connectivity index (χ0) is 22.9. The molecule has 0 aromatic carbocycles. The highest BCUT2D eigenvalue weighted by Crippen LogP contribution is 2.05. The van der Waals surface area contributed by atoms with Crippen molar-refractivity contribution in [3.05, 3.63) is 0 Å². The first-order valence-electron chi connectivity index (χ1n) is 9.80. The highest BCUT2D eigenvalue weighted by atomic mass is 32.2. The number of carboxylic acids is 1. The summed E-state index contributed by atoms with van der Waals surface area (Å²) in [5, 5.41) is 16.8. The van der Waals surface area contributed by atoms with Gasteiger partial charge in [0.2, 0.25) is 17.7 Å². The van der Waals surface area contributed by atoms with E-state index in [4.69, 9.17) is 11.5 Å². The molecule has 0 aliphatic carbocycles. The molecule has 12 heteroatoms. The standard InChI is InChI=1S/C18H35N5O5S2/c1-29-9-6-12(20)16(25)21-11-15(24)22-13(7-10-30-2)17(26)23-14(18(27)28)5-3-4-8-19/h12-14H,3-11,19-20H2,1-2H3,(H,21,25)(H,22,24)(H,23,26)(H,27,28). The largest absolute Gasteiger partial charge is 0.480 e. The Labute approximate surface area is 186 Å². The van der Waals surface area contributed by atoms with Crippen molar-refractivity contribution in [2.75, 3.05) is 37.1 Å². The summed E-state index contributed by atoms with van der Waals surface area (Å²) in [4.78, 5) is 48.1. The predicted molar refractivity (Wildman–Crippen MR) is 121 cm³/mol. The fourth-order valence-corrected chi connectivity index (χ4v) is 3.41. The summed E-state index contributed by atoms with van der Waals surface area (Å²) in [7, 11) is 0. The number of hydrogen-bond acceptors (Lipinski definition) is 8. The second-order valence-electron chi connectivity index (χ2n) is 6.69. The van der Waals surface area contributed by atoms with Gasteiger partial charge in [-0.2, -0.15) is 23.5 Å². The van der Waals surface area contributed by atoms with E-state index in [1.807, 2.05) is 12.5 Å². The Bertz CT molecular complexity index is 553. The van der Waals surface area contributed by atoms with Gasteiger partial charge >= 0.3 is 5.97 Å². The van der Waals surface area contributed by atoms with Crippen molar-refractivity contribution in [2.24, 2.45) is 11.5 Å². The number of amides is 3. The number of carboxylic acid groups (broad SMARTS) is 1. The third kappa shape index (κ3) is 12.9. The number of nitrogens with two attached hydrogens (primary N) is 2. The Morgan fingerprint density at radius 1 is 0.900 bits per heavy atom. The van der Waals surface area contributed by atoms with Crippen molar-refractivity contribution >= 4 is 47.2 Å². The molecule has 3 amide bonds. The fraction of sp³-hybridized carbons (Fsp3) is 0.778. The number of carbonyl (C=O) groups excluding carboxylic acids is 3. The molecule has 0 aromatic heterocycles. The molecule has 0 fully saturated rings. The monoisotopic (exact) mass is 465 g/mol. The molecule has 174 valence electrons. The maximum absolute atomic E-state index is 12.6. The van der Waals surface area contributed by atoms with Gasteiger partial charge in [0, 0.05) is 0 Å². The number of thioether (sulfide) groups is 2. The van der Waals surface area contributed by atoms with E-state index >= 15 is 0 Å². The lowest BCUT2D eigenvalue weighted by molar-refractivity contribution is -0.142. The van der Waals surface area contributed by atoms with Crippen LogP contribution in [0, 0.1) is 0 Å². The van der Waals surface area contributed by atoms with Crippen molar-refractivity contribution in [1.29, 1.82) is 0 Å². The molecule has 10 nitrogen and oxygen atoms in total. The van der Waals surface area contributed by atoms with Crippen molar-refractivity contribution in [2.45, 2.75) is 50.2 Å². The number of carbonyl (C=O) groups is 4. The van der Waals surface area contributed by atoms with Crippen LogP contribution < -0.4 is 27.4 Å². The molecular weight excluding hydrogens is 430 g/mol. The first-order chi connectivity index (χ1) is 14.3. The number of hydrogen-bond donors (Lipinski definition) is 6. The van der Waals surface area contributed by atoms with Crippen LogP contribution in [-0.4, -0.2) is 84.0 Å². The van der Waals surface area contributed by atoms with Gasteiger partial charge in [0.05, 0.1) is 12.6 Å². The topological polar surface area (TPSA) is 177 Å². The molecule has 0 radical (unpaired) electrons. The zero-order valence-electron chi connectivity index (χ0n) is 17.6. The van der Waals surface area contributed by atoms with Gasteiger partial charge in [0.25, 0.3) is 0 Å². The van der Waals surface area contributed by atoms with Crippen molar-refractivity contribution in [3.8, 4) is 0 Å². The molecule has 0 saturated carbocycles. The van der Waals surface area contributed by atoms with Crippen molar-refractivity contribution in [3.63, 3.8) is 0 Å². The molecule has 0 aromatic rings. The smallest absolute Gasteiger partial charge is 0.326 e. The second-order valence-corrected chi connectivity index (χ2v) is 8.66. The minimum atomic E-state index is -1.14. The maximum Gasteiger partial charge on any atom is 0.326 e. The van der Waals surface area contributed by atoms with E-state index < -0.39 is 41.8 Å². The normalized spacial score (nSPS) is 13.7. The van der Waals surface area contributed by atoms with Gasteiger partial charge in [0.15, 0.2) is 0 Å². The predicted octanol–water partition coefficient (Wildman–Crippen LogP) is -0.881. The summed E-state index contributed by atoms with van der Waals surface area (Å²) in [5.41, 5.74) is 11.2. The van der Waals surface area contributed by atoms with Gasteiger partial charge in [-0.15, -0.1) is 0 Å². The van der Waals surface area contributed by atoms with Crippen LogP contribution in [0.1, 0.15) is 32.1 Å². The van der Waals surface area contributed by atoms with Gasteiger partial charge < -0.3 is 32.5 Å². The molecule has 0 spiro atoms. The van der Waals surface area contributed by atoms with E-state index in [1.54, 1.807) is 11.8 Å². The van der Waals surface area contributed by atoms with Crippen LogP contribution in [0.5, 0.6) is 0 Å². The Hall–Kier alpha value is -1.50. The fourth-order valence-electron chi connectivity index (χ4n) is 2.45. The molecule has 3 atom stereocenters. The first kappa shape index (κ1) is 28.5. The molecule has 0 bridgehead atoms. The molecule has 0 aliphatic rings. The summed E-state index contributed by atoms with van der Waals surface area (Å²) < 4.78 is 0.